The van der Waals surface area contributed by atoms with Crippen LogP contribution in [0.1, 0.15) is 31.4 Å². The number of carboxylic acid groups (broad SMARTS) is 2. The zero-order valence-electron chi connectivity index (χ0n) is 20.4. The van der Waals surface area contributed by atoms with E-state index in [1.807, 2.05) is 19.1 Å². The molecular weight excluding hydrogens is 528 g/mol. The highest BCUT2D eigenvalue weighted by atomic mass is 19.4. The summed E-state index contributed by atoms with van der Waals surface area (Å²) in [4.78, 5) is 37.5. The fourth-order valence-corrected chi connectivity index (χ4v) is 4.71. The summed E-state index contributed by atoms with van der Waals surface area (Å²) in [6.45, 7) is 5.44. The molecule has 1 aliphatic carbocycles. The summed E-state index contributed by atoms with van der Waals surface area (Å²) in [7, 11) is 0. The van der Waals surface area contributed by atoms with Gasteiger partial charge in [0.05, 0.1) is 30.5 Å². The van der Waals surface area contributed by atoms with Gasteiger partial charge in [-0.05, 0) is 43.7 Å². The predicted molar refractivity (Wildman–Crippen MR) is 120 cm³/mol. The second-order valence-corrected chi connectivity index (χ2v) is 9.19. The number of fused-ring (bicyclic) bond motifs is 1. The minimum Gasteiger partial charge on any atom is -0.475 e. The highest BCUT2D eigenvalue weighted by Gasteiger charge is 2.45. The van der Waals surface area contributed by atoms with Gasteiger partial charge in [0.25, 0.3) is 0 Å². The Balaban J connectivity index is 0.000000301. The average molecular weight is 557 g/mol. The van der Waals surface area contributed by atoms with E-state index in [1.165, 1.54) is 25.7 Å². The first-order valence-corrected chi connectivity index (χ1v) is 11.8. The van der Waals surface area contributed by atoms with E-state index >= 15 is 0 Å². The quantitative estimate of drug-likeness (QED) is 0.480. The molecule has 1 aromatic heterocycles. The Kier molecular flexibility index (Phi) is 10.9. The lowest BCUT2D eigenvalue weighted by Gasteiger charge is -2.32. The molecule has 3 fully saturated rings. The van der Waals surface area contributed by atoms with Crippen LogP contribution in [0.5, 0.6) is 0 Å². The molecule has 0 bridgehead atoms. The molecule has 3 aliphatic rings. The minimum absolute atomic E-state index is 0.0465. The molecule has 0 unspecified atom stereocenters. The Labute approximate surface area is 214 Å². The van der Waals surface area contributed by atoms with E-state index in [0.29, 0.717) is 18.4 Å². The van der Waals surface area contributed by atoms with Gasteiger partial charge >= 0.3 is 24.3 Å². The summed E-state index contributed by atoms with van der Waals surface area (Å²) in [5.74, 6) is -4.54. The van der Waals surface area contributed by atoms with E-state index in [2.05, 4.69) is 15.2 Å². The van der Waals surface area contributed by atoms with Gasteiger partial charge < -0.3 is 20.3 Å². The number of aryl methyl sites for hydroxylation is 1. The van der Waals surface area contributed by atoms with Crippen LogP contribution in [0.3, 0.4) is 0 Å². The van der Waals surface area contributed by atoms with Gasteiger partial charge in [-0.2, -0.15) is 26.3 Å². The molecule has 1 aromatic rings. The zero-order valence-corrected chi connectivity index (χ0v) is 20.4. The van der Waals surface area contributed by atoms with Crippen LogP contribution in [-0.4, -0.2) is 82.6 Å². The zero-order chi connectivity index (χ0) is 28.7. The van der Waals surface area contributed by atoms with Crippen LogP contribution >= 0.6 is 0 Å². The molecule has 38 heavy (non-hydrogen) atoms. The number of hydrogen-bond acceptors (Lipinski definition) is 6. The molecule has 3 atom stereocenters. The number of carboxylic acids is 2. The number of ether oxygens (including phenoxy) is 1. The van der Waals surface area contributed by atoms with Gasteiger partial charge in [0.2, 0.25) is 5.91 Å². The molecule has 0 radical (unpaired) electrons. The molecule has 0 aromatic carbocycles. The molecule has 3 N–H and O–H groups in total. The predicted octanol–water partition coefficient (Wildman–Crippen LogP) is 3.73. The minimum atomic E-state index is -5.08. The van der Waals surface area contributed by atoms with E-state index in [1.54, 1.807) is 6.20 Å². The monoisotopic (exact) mass is 557 g/mol. The first-order chi connectivity index (χ1) is 17.6. The van der Waals surface area contributed by atoms with Gasteiger partial charge in [-0.25, -0.2) is 9.59 Å². The van der Waals surface area contributed by atoms with Crippen LogP contribution in [0.4, 0.5) is 32.0 Å². The first-order valence-electron chi connectivity index (χ1n) is 11.8. The van der Waals surface area contributed by atoms with Crippen LogP contribution in [0.15, 0.2) is 18.3 Å². The Morgan fingerprint density at radius 1 is 1.00 bits per heavy atom. The number of amides is 1. The van der Waals surface area contributed by atoms with Gasteiger partial charge in [0.1, 0.15) is 0 Å². The molecule has 3 heterocycles. The van der Waals surface area contributed by atoms with E-state index in [-0.39, 0.29) is 11.8 Å². The molecule has 0 spiro atoms. The molecule has 4 rings (SSSR count). The largest absolute Gasteiger partial charge is 0.490 e. The number of nitrogens with one attached hydrogen (secondary N) is 1. The molecule has 2 saturated heterocycles. The third-order valence-electron chi connectivity index (χ3n) is 6.59. The molecule has 2 aliphatic heterocycles. The Morgan fingerprint density at radius 2 is 1.55 bits per heavy atom. The van der Waals surface area contributed by atoms with E-state index < -0.39 is 24.3 Å². The number of carbonyl (C=O) groups excluding carboxylic acids is 1. The fourth-order valence-electron chi connectivity index (χ4n) is 4.71. The lowest BCUT2D eigenvalue weighted by molar-refractivity contribution is -0.193. The van der Waals surface area contributed by atoms with Crippen molar-refractivity contribution in [1.82, 2.24) is 9.88 Å². The average Bonchev–Trinajstić information content (AvgIpc) is 3.50. The summed E-state index contributed by atoms with van der Waals surface area (Å²) in [5, 5.41) is 17.3. The van der Waals surface area contributed by atoms with Crippen molar-refractivity contribution in [3.63, 3.8) is 0 Å². The van der Waals surface area contributed by atoms with Crippen molar-refractivity contribution in [2.75, 3.05) is 31.6 Å². The van der Waals surface area contributed by atoms with E-state index in [9.17, 15) is 31.1 Å². The topological polar surface area (TPSA) is 129 Å². The maximum Gasteiger partial charge on any atom is 0.490 e. The summed E-state index contributed by atoms with van der Waals surface area (Å²) in [6.07, 6.45) is -3.05. The van der Waals surface area contributed by atoms with Crippen molar-refractivity contribution in [3.8, 4) is 0 Å². The number of nitrogens with zero attached hydrogens (tertiary/aromatic N) is 2. The number of pyridine rings is 1. The van der Waals surface area contributed by atoms with Gasteiger partial charge in [0, 0.05) is 25.3 Å². The number of carbonyl (C=O) groups is 3. The maximum atomic E-state index is 12.9. The van der Waals surface area contributed by atoms with Gasteiger partial charge in [0.15, 0.2) is 0 Å². The fraction of sp³-hybridized carbons (Fsp3) is 0.652. The number of likely N-dealkylation sites (tertiary alicyclic amines) is 1. The van der Waals surface area contributed by atoms with Gasteiger partial charge in [-0.1, -0.05) is 12.8 Å². The van der Waals surface area contributed by atoms with Gasteiger partial charge in [-0.3, -0.25) is 14.7 Å². The standard InChI is InChI=1S/C19H27N3O2.2C2HF3O2/c1-13-18(7-4-8-20-13)21-19(23)17-12-24-11-14-9-22(10-16(14)17)15-5-2-3-6-15;2*3-2(4,5)1(6)7/h4,7-8,14-17H,2-3,5-6,9-12H2,1H3,(H,21,23);2*(H,6,7)/t14-,16-,17+;;/m1../s1. The summed E-state index contributed by atoms with van der Waals surface area (Å²) < 4.78 is 69.3. The second kappa shape index (κ2) is 13.2. The van der Waals surface area contributed by atoms with Crippen molar-refractivity contribution in [3.05, 3.63) is 24.0 Å². The highest BCUT2D eigenvalue weighted by Crippen LogP contribution is 2.38. The summed E-state index contributed by atoms with van der Waals surface area (Å²) in [6, 6.07) is 4.51. The number of rotatable bonds is 3. The summed E-state index contributed by atoms with van der Waals surface area (Å²) in [5.41, 5.74) is 1.67. The third kappa shape index (κ3) is 9.11. The Bertz CT molecular complexity index is 944. The van der Waals surface area contributed by atoms with Gasteiger partial charge in [-0.15, -0.1) is 0 Å². The number of alkyl halides is 6. The summed E-state index contributed by atoms with van der Waals surface area (Å²) >= 11 is 0. The van der Waals surface area contributed by atoms with Crippen molar-refractivity contribution in [2.45, 2.75) is 51.0 Å². The van der Waals surface area contributed by atoms with Crippen LogP contribution in [0.25, 0.3) is 0 Å². The van der Waals surface area contributed by atoms with Crippen LogP contribution < -0.4 is 5.32 Å². The molecule has 15 heteroatoms. The number of aliphatic carboxylic acids is 2. The number of halogens is 6. The molecule has 214 valence electrons. The normalized spacial score (nSPS) is 23.8. The maximum absolute atomic E-state index is 12.9. The second-order valence-electron chi connectivity index (χ2n) is 9.19. The van der Waals surface area contributed by atoms with Crippen LogP contribution in [0.2, 0.25) is 0 Å². The molecule has 1 amide bonds. The van der Waals surface area contributed by atoms with Crippen molar-refractivity contribution < 1.29 is 55.7 Å². The smallest absolute Gasteiger partial charge is 0.475 e. The van der Waals surface area contributed by atoms with Crippen LogP contribution in [-0.2, 0) is 19.1 Å². The van der Waals surface area contributed by atoms with Crippen molar-refractivity contribution >= 4 is 23.5 Å². The van der Waals surface area contributed by atoms with E-state index in [0.717, 1.165) is 37.1 Å². The number of anilines is 1. The van der Waals surface area contributed by atoms with Crippen molar-refractivity contribution in [2.24, 2.45) is 17.8 Å². The highest BCUT2D eigenvalue weighted by molar-refractivity contribution is 5.93. The Morgan fingerprint density at radius 3 is 2.05 bits per heavy atom. The number of aromatic nitrogens is 1. The van der Waals surface area contributed by atoms with Crippen LogP contribution in [0, 0.1) is 24.7 Å². The number of hydrogen-bond donors (Lipinski definition) is 3. The Hall–Kier alpha value is -2.94. The first kappa shape index (κ1) is 31.3. The van der Waals surface area contributed by atoms with Crippen molar-refractivity contribution in [1.29, 1.82) is 0 Å². The SMILES string of the molecule is Cc1ncccc1NC(=O)[C@H]1COC[C@H]2CN(C3CCCC3)C[C@H]21.O=C(O)C(F)(F)F.O=C(O)C(F)(F)F. The lowest BCUT2D eigenvalue weighted by atomic mass is 9.82. The lowest BCUT2D eigenvalue weighted by Crippen LogP contribution is -2.42. The molecule has 9 nitrogen and oxygen atoms in total. The third-order valence-corrected chi connectivity index (χ3v) is 6.59. The van der Waals surface area contributed by atoms with E-state index in [4.69, 9.17) is 24.5 Å². The molecular formula is C23H29F6N3O6. The molecule has 1 saturated carbocycles.